The van der Waals surface area contributed by atoms with Crippen molar-refractivity contribution in [2.24, 2.45) is 0 Å². The van der Waals surface area contributed by atoms with Gasteiger partial charge in [-0.15, -0.1) is 5.10 Å². The van der Waals surface area contributed by atoms with Crippen molar-refractivity contribution in [1.29, 1.82) is 0 Å². The molecule has 0 aliphatic carbocycles. The zero-order chi connectivity index (χ0) is 27.0. The zero-order valence-corrected chi connectivity index (χ0v) is 21.0. The van der Waals surface area contributed by atoms with Gasteiger partial charge in [0.2, 0.25) is 0 Å². The molecule has 38 heavy (non-hydrogen) atoms. The summed E-state index contributed by atoms with van der Waals surface area (Å²) >= 11 is 0. The Balaban J connectivity index is 1.93. The van der Waals surface area contributed by atoms with Gasteiger partial charge in [0.1, 0.15) is 18.2 Å². The van der Waals surface area contributed by atoms with Crippen LogP contribution in [0.25, 0.3) is 22.3 Å². The van der Waals surface area contributed by atoms with Gasteiger partial charge < -0.3 is 10.2 Å². The molecule has 0 aliphatic heterocycles. The van der Waals surface area contributed by atoms with Gasteiger partial charge in [0.25, 0.3) is 5.56 Å². The van der Waals surface area contributed by atoms with Crippen LogP contribution in [0.5, 0.6) is 5.75 Å². The molecule has 9 heteroatoms. The molecule has 2 N–H and O–H groups in total. The summed E-state index contributed by atoms with van der Waals surface area (Å²) in [5, 5.41) is 25.8. The Kier molecular flexibility index (Phi) is 6.69. The summed E-state index contributed by atoms with van der Waals surface area (Å²) in [6.45, 7) is 3.48. The lowest BCUT2D eigenvalue weighted by molar-refractivity contribution is 0.264. The topological polar surface area (TPSA) is 102 Å². The van der Waals surface area contributed by atoms with Crippen LogP contribution in [-0.4, -0.2) is 29.1 Å². The molecule has 2 heterocycles. The first-order valence-electron chi connectivity index (χ1n) is 12.4. The first-order chi connectivity index (χ1) is 18.3. The fraction of sp³-hybridized carbons (Fsp3) is 0.207. The molecule has 0 bridgehead atoms. The van der Waals surface area contributed by atoms with Crippen molar-refractivity contribution in [1.82, 2.24) is 18.9 Å². The fourth-order valence-corrected chi connectivity index (χ4v) is 5.04. The molecule has 0 aliphatic rings. The number of phenolic OH excluding ortho intramolecular Hbond substituents is 1. The summed E-state index contributed by atoms with van der Waals surface area (Å²) in [5.74, 6) is -0.421. The third kappa shape index (κ3) is 4.20. The van der Waals surface area contributed by atoms with Crippen LogP contribution in [0.2, 0.25) is 0 Å². The van der Waals surface area contributed by atoms with Crippen molar-refractivity contribution >= 4 is 10.8 Å². The molecule has 0 spiro atoms. The second-order valence-electron chi connectivity index (χ2n) is 9.15. The van der Waals surface area contributed by atoms with Crippen LogP contribution in [0.4, 0.5) is 4.39 Å². The van der Waals surface area contributed by atoms with Gasteiger partial charge in [0.15, 0.2) is 11.6 Å². The third-order valence-electron chi connectivity index (χ3n) is 6.78. The molecular weight excluding hydrogens is 487 g/mol. The van der Waals surface area contributed by atoms with Crippen LogP contribution in [0.3, 0.4) is 0 Å². The number of halogens is 1. The van der Waals surface area contributed by atoms with Gasteiger partial charge in [-0.3, -0.25) is 13.9 Å². The quantitative estimate of drug-likeness (QED) is 0.341. The molecule has 194 valence electrons. The summed E-state index contributed by atoms with van der Waals surface area (Å²) < 4.78 is 18.2. The first kappa shape index (κ1) is 25.2. The maximum Gasteiger partial charge on any atom is 0.352 e. The highest BCUT2D eigenvalue weighted by Gasteiger charge is 2.27. The smallest absolute Gasteiger partial charge is 0.352 e. The molecule has 5 rings (SSSR count). The van der Waals surface area contributed by atoms with Crippen LogP contribution in [0, 0.1) is 5.82 Å². The van der Waals surface area contributed by atoms with Crippen LogP contribution < -0.4 is 11.2 Å². The maximum atomic E-state index is 14.4. The number of aliphatic hydroxyl groups is 1. The van der Waals surface area contributed by atoms with Crippen LogP contribution in [0.15, 0.2) is 82.4 Å². The number of phenols is 1. The molecular formula is C29H27FN4O4. The molecule has 8 nitrogen and oxygen atoms in total. The van der Waals surface area contributed by atoms with E-state index in [-0.39, 0.29) is 35.5 Å². The highest BCUT2D eigenvalue weighted by molar-refractivity contribution is 5.88. The molecule has 0 fully saturated rings. The Bertz CT molecular complexity index is 1770. The number of hydrogen-bond acceptors (Lipinski definition) is 5. The molecule has 0 radical (unpaired) electrons. The van der Waals surface area contributed by atoms with Crippen molar-refractivity contribution in [3.05, 3.63) is 116 Å². The van der Waals surface area contributed by atoms with Crippen LogP contribution in [0.1, 0.15) is 36.7 Å². The minimum Gasteiger partial charge on any atom is -0.508 e. The monoisotopic (exact) mass is 514 g/mol. The molecule has 0 saturated carbocycles. The van der Waals surface area contributed by atoms with E-state index in [2.05, 4.69) is 5.10 Å². The molecule has 3 aromatic carbocycles. The van der Waals surface area contributed by atoms with Gasteiger partial charge in [-0.25, -0.2) is 9.18 Å². The van der Waals surface area contributed by atoms with Crippen molar-refractivity contribution in [2.75, 3.05) is 0 Å². The fourth-order valence-electron chi connectivity index (χ4n) is 5.04. The zero-order valence-electron chi connectivity index (χ0n) is 21.0. The van der Waals surface area contributed by atoms with Crippen molar-refractivity contribution in [2.45, 2.75) is 39.3 Å². The van der Waals surface area contributed by atoms with Gasteiger partial charge in [-0.05, 0) is 60.5 Å². The van der Waals surface area contributed by atoms with Gasteiger partial charge in [0, 0.05) is 17.5 Å². The number of rotatable bonds is 7. The molecule has 5 aromatic rings. The lowest BCUT2D eigenvalue weighted by Crippen LogP contribution is -2.32. The number of nitrogens with zero attached hydrogens (tertiary/aromatic N) is 4. The molecule has 1 atom stereocenters. The highest BCUT2D eigenvalue weighted by Crippen LogP contribution is 2.34. The Morgan fingerprint density at radius 3 is 2.34 bits per heavy atom. The number of aliphatic hydroxyl groups excluding tert-OH is 1. The summed E-state index contributed by atoms with van der Waals surface area (Å²) in [7, 11) is 0. The summed E-state index contributed by atoms with van der Waals surface area (Å²) in [6, 6.07) is 19.6. The largest absolute Gasteiger partial charge is 0.508 e. The standard InChI is InChI=1S/C29H27FN4O4/c1-3-32-25(17-35)31-34(29(32)38)27-26(18(2)15-19-9-4-7-14-24(19)36)22-12-5-6-13-23(22)28(37)33(27)21-11-8-10-20(30)16-21/h4-14,16,18,35-36H,3,15,17H2,1-2H3. The van der Waals surface area contributed by atoms with Crippen LogP contribution >= 0.6 is 0 Å². The predicted octanol–water partition coefficient (Wildman–Crippen LogP) is 4.04. The minimum atomic E-state index is -0.542. The highest BCUT2D eigenvalue weighted by atomic mass is 19.1. The number of benzene rings is 3. The normalized spacial score (nSPS) is 12.2. The van der Waals surface area contributed by atoms with Crippen molar-refractivity contribution in [3.8, 4) is 17.3 Å². The summed E-state index contributed by atoms with van der Waals surface area (Å²) in [5.41, 5.74) is 0.576. The van der Waals surface area contributed by atoms with Gasteiger partial charge >= 0.3 is 5.69 Å². The van der Waals surface area contributed by atoms with Gasteiger partial charge in [-0.2, -0.15) is 4.68 Å². The minimum absolute atomic E-state index is 0.138. The van der Waals surface area contributed by atoms with E-state index < -0.39 is 23.7 Å². The van der Waals surface area contributed by atoms with Gasteiger partial charge in [-0.1, -0.05) is 49.4 Å². The van der Waals surface area contributed by atoms with E-state index in [1.807, 2.05) is 25.1 Å². The lowest BCUT2D eigenvalue weighted by Gasteiger charge is -2.23. The first-order valence-corrected chi connectivity index (χ1v) is 12.4. The molecule has 0 amide bonds. The maximum absolute atomic E-state index is 14.4. The number of fused-ring (bicyclic) bond motifs is 1. The van der Waals surface area contributed by atoms with Crippen molar-refractivity contribution in [3.63, 3.8) is 0 Å². The second kappa shape index (κ2) is 10.1. The lowest BCUT2D eigenvalue weighted by atomic mass is 9.89. The Morgan fingerprint density at radius 1 is 0.974 bits per heavy atom. The van der Waals surface area contributed by atoms with Crippen LogP contribution in [-0.2, 0) is 19.6 Å². The van der Waals surface area contributed by atoms with E-state index in [1.165, 1.54) is 27.3 Å². The Morgan fingerprint density at radius 2 is 1.68 bits per heavy atom. The molecule has 1 unspecified atom stereocenters. The third-order valence-corrected chi connectivity index (χ3v) is 6.78. The van der Waals surface area contributed by atoms with Gasteiger partial charge in [0.05, 0.1) is 5.69 Å². The SMILES string of the molecule is CCn1c(CO)nn(-c2c(C(C)Cc3ccccc3O)c3ccccc3c(=O)n2-c2cccc(F)c2)c1=O. The van der Waals surface area contributed by atoms with Crippen molar-refractivity contribution < 1.29 is 14.6 Å². The van der Waals surface area contributed by atoms with E-state index in [0.717, 1.165) is 4.68 Å². The number of aromatic nitrogens is 4. The van der Waals surface area contributed by atoms with E-state index in [9.17, 15) is 24.2 Å². The Hall–Kier alpha value is -4.50. The number of aromatic hydroxyl groups is 1. The van der Waals surface area contributed by atoms with E-state index >= 15 is 0 Å². The number of pyridine rings is 1. The molecule has 2 aromatic heterocycles. The average Bonchev–Trinajstić information content (AvgIpc) is 3.24. The second-order valence-corrected chi connectivity index (χ2v) is 9.15. The summed E-state index contributed by atoms with van der Waals surface area (Å²) in [6.07, 6.45) is 0.390. The van der Waals surface area contributed by atoms with E-state index in [0.29, 0.717) is 28.3 Å². The number of para-hydroxylation sites is 1. The predicted molar refractivity (Wildman–Crippen MR) is 143 cm³/mol. The van der Waals surface area contributed by atoms with E-state index in [1.54, 1.807) is 43.3 Å². The number of hydrogen-bond donors (Lipinski definition) is 2. The molecule has 0 saturated heterocycles. The average molecular weight is 515 g/mol. The summed E-state index contributed by atoms with van der Waals surface area (Å²) in [4.78, 5) is 27.6. The van der Waals surface area contributed by atoms with E-state index in [4.69, 9.17) is 0 Å². The Labute approximate surface area is 217 Å².